The Morgan fingerprint density at radius 2 is 0.867 bits per heavy atom. The molecule has 0 fully saturated rings. The number of hydrogen-bond donors (Lipinski definition) is 0. The normalized spacial score (nSPS) is 12.5. The van der Waals surface area contributed by atoms with Crippen molar-refractivity contribution >= 4 is 0 Å². The van der Waals surface area contributed by atoms with Gasteiger partial charge in [-0.15, -0.1) is 0 Å². The molecule has 1 unspecified atom stereocenters. The summed E-state index contributed by atoms with van der Waals surface area (Å²) in [5.41, 5.74) is 1.54. The smallest absolute Gasteiger partial charge is 0.0139 e. The van der Waals surface area contributed by atoms with Gasteiger partial charge in [0.1, 0.15) is 0 Å². The summed E-state index contributed by atoms with van der Waals surface area (Å²) in [4.78, 5) is 0. The predicted molar refractivity (Wildman–Crippen MR) is 137 cm³/mol. The van der Waals surface area contributed by atoms with Crippen molar-refractivity contribution in [2.75, 3.05) is 0 Å². The van der Waals surface area contributed by atoms with Crippen molar-refractivity contribution < 1.29 is 0 Å². The zero-order chi connectivity index (χ0) is 21.7. The second-order valence-corrected chi connectivity index (χ2v) is 10.1. The Labute approximate surface area is 190 Å². The fraction of sp³-hybridized carbons (Fsp3) is 0.800. The van der Waals surface area contributed by atoms with Crippen LogP contribution >= 0.6 is 0 Å². The van der Waals surface area contributed by atoms with Crippen LogP contribution < -0.4 is 0 Å². The molecular formula is C30H54. The lowest BCUT2D eigenvalue weighted by Gasteiger charge is -2.21. The maximum Gasteiger partial charge on any atom is -0.0139 e. The van der Waals surface area contributed by atoms with E-state index >= 15 is 0 Å². The maximum absolute atomic E-state index is 2.38. The molecule has 0 aliphatic rings. The average Bonchev–Trinajstić information content (AvgIpc) is 2.76. The first kappa shape index (κ1) is 27.3. The van der Waals surface area contributed by atoms with E-state index in [-0.39, 0.29) is 0 Å². The van der Waals surface area contributed by atoms with Gasteiger partial charge >= 0.3 is 0 Å². The molecule has 0 saturated carbocycles. The van der Waals surface area contributed by atoms with E-state index in [1.165, 1.54) is 122 Å². The van der Waals surface area contributed by atoms with Crippen LogP contribution in [0.15, 0.2) is 30.3 Å². The summed E-state index contributed by atoms with van der Waals surface area (Å²) in [6.07, 6.45) is 27.6. The molecule has 30 heavy (non-hydrogen) atoms. The minimum atomic E-state index is 0.743. The van der Waals surface area contributed by atoms with Crippen molar-refractivity contribution in [1.82, 2.24) is 0 Å². The third-order valence-corrected chi connectivity index (χ3v) is 6.90. The van der Waals surface area contributed by atoms with E-state index < -0.39 is 0 Å². The molecule has 1 rings (SSSR count). The van der Waals surface area contributed by atoms with E-state index in [2.05, 4.69) is 51.1 Å². The quantitative estimate of drug-likeness (QED) is 0.175. The van der Waals surface area contributed by atoms with Gasteiger partial charge in [-0.25, -0.2) is 0 Å². The van der Waals surface area contributed by atoms with Crippen LogP contribution in [0.4, 0.5) is 0 Å². The number of hydrogen-bond acceptors (Lipinski definition) is 0. The SMILES string of the molecule is CCCCCCCCCCCCCCCCCCCCC(c1ccccc1)C(C)C. The summed E-state index contributed by atoms with van der Waals surface area (Å²) in [6, 6.07) is 11.2. The second kappa shape index (κ2) is 20.1. The molecule has 1 aromatic rings. The third kappa shape index (κ3) is 15.1. The van der Waals surface area contributed by atoms with Crippen molar-refractivity contribution in [3.8, 4) is 0 Å². The Balaban J connectivity index is 1.83. The number of rotatable bonds is 21. The predicted octanol–water partition coefficient (Wildman–Crippen LogP) is 10.9. The molecule has 0 radical (unpaired) electrons. The van der Waals surface area contributed by atoms with Crippen molar-refractivity contribution in [3.05, 3.63) is 35.9 Å². The van der Waals surface area contributed by atoms with E-state index in [4.69, 9.17) is 0 Å². The highest BCUT2D eigenvalue weighted by Crippen LogP contribution is 2.30. The van der Waals surface area contributed by atoms with Gasteiger partial charge in [0, 0.05) is 0 Å². The third-order valence-electron chi connectivity index (χ3n) is 6.90. The minimum absolute atomic E-state index is 0.743. The van der Waals surface area contributed by atoms with E-state index in [0.717, 1.165) is 11.8 Å². The lowest BCUT2D eigenvalue weighted by atomic mass is 9.84. The van der Waals surface area contributed by atoms with Crippen LogP contribution in [-0.4, -0.2) is 0 Å². The van der Waals surface area contributed by atoms with Gasteiger partial charge in [-0.05, 0) is 23.8 Å². The molecule has 0 aliphatic heterocycles. The van der Waals surface area contributed by atoms with Crippen LogP contribution in [0.1, 0.15) is 154 Å². The fourth-order valence-electron chi connectivity index (χ4n) is 4.85. The summed E-state index contributed by atoms with van der Waals surface area (Å²) in [5, 5.41) is 0. The molecular weight excluding hydrogens is 360 g/mol. The van der Waals surface area contributed by atoms with Crippen molar-refractivity contribution in [1.29, 1.82) is 0 Å². The monoisotopic (exact) mass is 414 g/mol. The Morgan fingerprint density at radius 3 is 1.23 bits per heavy atom. The summed E-state index contributed by atoms with van der Waals surface area (Å²) >= 11 is 0. The average molecular weight is 415 g/mol. The molecule has 0 spiro atoms. The fourth-order valence-corrected chi connectivity index (χ4v) is 4.85. The summed E-state index contributed by atoms with van der Waals surface area (Å²) < 4.78 is 0. The molecule has 1 atom stereocenters. The highest BCUT2D eigenvalue weighted by atomic mass is 14.2. The molecule has 0 bridgehead atoms. The first-order valence-corrected chi connectivity index (χ1v) is 13.8. The van der Waals surface area contributed by atoms with E-state index in [1.807, 2.05) is 0 Å². The minimum Gasteiger partial charge on any atom is -0.0654 e. The van der Waals surface area contributed by atoms with Gasteiger partial charge in [-0.3, -0.25) is 0 Å². The Kier molecular flexibility index (Phi) is 18.3. The lowest BCUT2D eigenvalue weighted by Crippen LogP contribution is -2.06. The standard InChI is InChI=1S/C30H54/c1-4-5-6-7-8-9-10-11-12-13-14-15-16-17-18-19-20-24-27-30(28(2)3)29-25-22-21-23-26-29/h21-23,25-26,28,30H,4-20,24,27H2,1-3H3. The summed E-state index contributed by atoms with van der Waals surface area (Å²) in [7, 11) is 0. The van der Waals surface area contributed by atoms with Gasteiger partial charge in [-0.2, -0.15) is 0 Å². The zero-order valence-corrected chi connectivity index (χ0v) is 21.0. The Morgan fingerprint density at radius 1 is 0.500 bits per heavy atom. The van der Waals surface area contributed by atoms with Crippen LogP contribution in [0.3, 0.4) is 0 Å². The zero-order valence-electron chi connectivity index (χ0n) is 21.0. The van der Waals surface area contributed by atoms with E-state index in [9.17, 15) is 0 Å². The van der Waals surface area contributed by atoms with Gasteiger partial charge in [0.05, 0.1) is 0 Å². The van der Waals surface area contributed by atoms with Crippen LogP contribution in [0.5, 0.6) is 0 Å². The number of unbranched alkanes of at least 4 members (excludes halogenated alkanes) is 17. The molecule has 0 saturated heterocycles. The highest BCUT2D eigenvalue weighted by Gasteiger charge is 2.14. The van der Waals surface area contributed by atoms with Crippen LogP contribution in [0, 0.1) is 5.92 Å². The van der Waals surface area contributed by atoms with Crippen molar-refractivity contribution in [2.24, 2.45) is 5.92 Å². The van der Waals surface area contributed by atoms with Gasteiger partial charge in [0.25, 0.3) is 0 Å². The second-order valence-electron chi connectivity index (χ2n) is 10.1. The molecule has 0 nitrogen and oxygen atoms in total. The lowest BCUT2D eigenvalue weighted by molar-refractivity contribution is 0.440. The first-order chi connectivity index (χ1) is 14.8. The van der Waals surface area contributed by atoms with E-state index in [1.54, 1.807) is 5.56 Å². The molecule has 0 heteroatoms. The first-order valence-electron chi connectivity index (χ1n) is 13.8. The topological polar surface area (TPSA) is 0 Å². The van der Waals surface area contributed by atoms with Gasteiger partial charge in [0.2, 0.25) is 0 Å². The molecule has 1 aromatic carbocycles. The van der Waals surface area contributed by atoms with Gasteiger partial charge in [0.15, 0.2) is 0 Å². The van der Waals surface area contributed by atoms with Gasteiger partial charge < -0.3 is 0 Å². The Bertz CT molecular complexity index is 446. The molecule has 0 aromatic heterocycles. The van der Waals surface area contributed by atoms with Crippen LogP contribution in [0.2, 0.25) is 0 Å². The van der Waals surface area contributed by atoms with Crippen molar-refractivity contribution in [3.63, 3.8) is 0 Å². The molecule has 0 N–H and O–H groups in total. The highest BCUT2D eigenvalue weighted by molar-refractivity contribution is 5.19. The number of benzene rings is 1. The largest absolute Gasteiger partial charge is 0.0654 e. The summed E-state index contributed by atoms with van der Waals surface area (Å²) in [6.45, 7) is 7.06. The van der Waals surface area contributed by atoms with Crippen molar-refractivity contribution in [2.45, 2.75) is 149 Å². The maximum atomic E-state index is 2.38. The van der Waals surface area contributed by atoms with Gasteiger partial charge in [-0.1, -0.05) is 167 Å². The Hall–Kier alpha value is -0.780. The molecule has 0 amide bonds. The molecule has 174 valence electrons. The van der Waals surface area contributed by atoms with E-state index in [0.29, 0.717) is 0 Å². The molecule has 0 aliphatic carbocycles. The van der Waals surface area contributed by atoms with Crippen LogP contribution in [0.25, 0.3) is 0 Å². The molecule has 0 heterocycles. The van der Waals surface area contributed by atoms with Crippen LogP contribution in [-0.2, 0) is 0 Å². The summed E-state index contributed by atoms with van der Waals surface area (Å²) in [5.74, 6) is 1.49.